The van der Waals surface area contributed by atoms with E-state index in [1.807, 2.05) is 0 Å². The molecule has 0 bridgehead atoms. The Morgan fingerprint density at radius 3 is 2.28 bits per heavy atom. The van der Waals surface area contributed by atoms with Crippen LogP contribution in [0.4, 0.5) is 4.39 Å². The molecule has 0 amide bonds. The molecule has 1 aromatic rings. The van der Waals surface area contributed by atoms with Crippen LogP contribution in [0.1, 0.15) is 16.8 Å². The van der Waals surface area contributed by atoms with E-state index >= 15 is 0 Å². The highest BCUT2D eigenvalue weighted by Gasteiger charge is 2.23. The van der Waals surface area contributed by atoms with Crippen molar-refractivity contribution in [1.29, 1.82) is 0 Å². The number of nitrogens with zero attached hydrogens (tertiary/aromatic N) is 1. The molecule has 5 heteroatoms. The summed E-state index contributed by atoms with van der Waals surface area (Å²) in [7, 11) is 3.54. The third-order valence-corrected chi connectivity index (χ3v) is 2.51. The van der Waals surface area contributed by atoms with Crippen LogP contribution in [0.25, 0.3) is 0 Å². The number of ketones is 1. The maximum absolute atomic E-state index is 12.8. The average molecular weight is 253 g/mol. The summed E-state index contributed by atoms with van der Waals surface area (Å²) in [6, 6.07) is 5.14. The molecule has 0 heterocycles. The van der Waals surface area contributed by atoms with E-state index in [1.54, 1.807) is 19.0 Å². The third-order valence-electron chi connectivity index (χ3n) is 2.51. The minimum absolute atomic E-state index is 0.228. The molecule has 0 aromatic heterocycles. The zero-order valence-electron chi connectivity index (χ0n) is 10.4. The van der Waals surface area contributed by atoms with Gasteiger partial charge in [0.25, 0.3) is 0 Å². The highest BCUT2D eigenvalue weighted by Crippen LogP contribution is 2.14. The molecular formula is C13H16FNO3. The molecule has 0 aliphatic heterocycles. The number of carboxylic acids is 1. The van der Waals surface area contributed by atoms with Crippen molar-refractivity contribution in [3.05, 3.63) is 35.6 Å². The summed E-state index contributed by atoms with van der Waals surface area (Å²) < 4.78 is 12.8. The first-order valence-corrected chi connectivity index (χ1v) is 5.56. The molecule has 1 atom stereocenters. The van der Waals surface area contributed by atoms with E-state index in [2.05, 4.69) is 0 Å². The SMILES string of the molecule is CN(C)CC(CC(=O)O)C(=O)c1ccc(F)cc1. The van der Waals surface area contributed by atoms with E-state index in [1.165, 1.54) is 24.3 Å². The van der Waals surface area contributed by atoms with Crippen LogP contribution >= 0.6 is 0 Å². The van der Waals surface area contributed by atoms with E-state index in [0.717, 1.165) is 0 Å². The molecule has 0 saturated carbocycles. The number of carboxylic acid groups (broad SMARTS) is 1. The van der Waals surface area contributed by atoms with Crippen LogP contribution < -0.4 is 0 Å². The monoisotopic (exact) mass is 253 g/mol. The van der Waals surface area contributed by atoms with Crippen molar-refractivity contribution < 1.29 is 19.1 Å². The topological polar surface area (TPSA) is 57.6 Å². The first-order valence-electron chi connectivity index (χ1n) is 5.56. The molecule has 0 saturated heterocycles. The molecule has 1 N–H and O–H groups in total. The zero-order valence-corrected chi connectivity index (χ0v) is 10.4. The molecule has 0 radical (unpaired) electrons. The molecule has 98 valence electrons. The van der Waals surface area contributed by atoms with Crippen LogP contribution in [-0.4, -0.2) is 42.4 Å². The van der Waals surface area contributed by atoms with Crippen LogP contribution in [0.3, 0.4) is 0 Å². The number of hydrogen-bond acceptors (Lipinski definition) is 3. The van der Waals surface area contributed by atoms with Crippen molar-refractivity contribution in [3.63, 3.8) is 0 Å². The number of halogens is 1. The summed E-state index contributed by atoms with van der Waals surface area (Å²) in [6.07, 6.45) is -0.228. The maximum Gasteiger partial charge on any atom is 0.304 e. The summed E-state index contributed by atoms with van der Waals surface area (Å²) in [4.78, 5) is 24.6. The fourth-order valence-corrected chi connectivity index (χ4v) is 1.74. The quantitative estimate of drug-likeness (QED) is 0.783. The number of carbonyl (C=O) groups excluding carboxylic acids is 1. The Bertz CT molecular complexity index is 428. The second-order valence-electron chi connectivity index (χ2n) is 4.43. The summed E-state index contributed by atoms with van der Waals surface area (Å²) in [5.74, 6) is -2.33. The smallest absolute Gasteiger partial charge is 0.304 e. The third kappa shape index (κ3) is 4.25. The van der Waals surface area contributed by atoms with Gasteiger partial charge in [0.05, 0.1) is 6.42 Å². The number of benzene rings is 1. The van der Waals surface area contributed by atoms with E-state index in [4.69, 9.17) is 5.11 Å². The highest BCUT2D eigenvalue weighted by atomic mass is 19.1. The van der Waals surface area contributed by atoms with Gasteiger partial charge in [-0.15, -0.1) is 0 Å². The molecule has 18 heavy (non-hydrogen) atoms. The van der Waals surface area contributed by atoms with Crippen LogP contribution in [0, 0.1) is 11.7 Å². The Hall–Kier alpha value is -1.75. The van der Waals surface area contributed by atoms with E-state index in [-0.39, 0.29) is 12.2 Å². The van der Waals surface area contributed by atoms with Gasteiger partial charge >= 0.3 is 5.97 Å². The van der Waals surface area contributed by atoms with Crippen molar-refractivity contribution in [2.75, 3.05) is 20.6 Å². The zero-order chi connectivity index (χ0) is 13.7. The van der Waals surface area contributed by atoms with Gasteiger partial charge in [-0.1, -0.05) is 0 Å². The molecular weight excluding hydrogens is 237 g/mol. The number of carbonyl (C=O) groups is 2. The Morgan fingerprint density at radius 1 is 1.28 bits per heavy atom. The standard InChI is InChI=1S/C13H16FNO3/c1-15(2)8-10(7-12(16)17)13(18)9-3-5-11(14)6-4-9/h3-6,10H,7-8H2,1-2H3,(H,16,17). The Morgan fingerprint density at radius 2 is 1.83 bits per heavy atom. The van der Waals surface area contributed by atoms with Gasteiger partial charge in [0.15, 0.2) is 5.78 Å². The largest absolute Gasteiger partial charge is 0.481 e. The van der Waals surface area contributed by atoms with Crippen LogP contribution in [0.5, 0.6) is 0 Å². The summed E-state index contributed by atoms with van der Waals surface area (Å²) in [5.41, 5.74) is 0.338. The van der Waals surface area contributed by atoms with Crippen LogP contribution in [0.2, 0.25) is 0 Å². The van der Waals surface area contributed by atoms with E-state index < -0.39 is 17.7 Å². The lowest BCUT2D eigenvalue weighted by Crippen LogP contribution is -2.30. The van der Waals surface area contributed by atoms with Crippen LogP contribution in [-0.2, 0) is 4.79 Å². The summed E-state index contributed by atoms with van der Waals surface area (Å²) in [5, 5.41) is 8.81. The maximum atomic E-state index is 12.8. The summed E-state index contributed by atoms with van der Waals surface area (Å²) >= 11 is 0. The van der Waals surface area contributed by atoms with Gasteiger partial charge in [-0.3, -0.25) is 9.59 Å². The van der Waals surface area contributed by atoms with Crippen molar-refractivity contribution in [1.82, 2.24) is 4.90 Å². The lowest BCUT2D eigenvalue weighted by Gasteiger charge is -2.18. The van der Waals surface area contributed by atoms with Gasteiger partial charge in [-0.05, 0) is 38.4 Å². The minimum atomic E-state index is -1.02. The van der Waals surface area contributed by atoms with E-state index in [0.29, 0.717) is 12.1 Å². The molecule has 0 spiro atoms. The van der Waals surface area contributed by atoms with Crippen molar-refractivity contribution in [3.8, 4) is 0 Å². The second kappa shape index (κ2) is 6.26. The fourth-order valence-electron chi connectivity index (χ4n) is 1.74. The Labute approximate surface area is 105 Å². The fraction of sp³-hybridized carbons (Fsp3) is 0.385. The van der Waals surface area contributed by atoms with Crippen molar-refractivity contribution in [2.24, 2.45) is 5.92 Å². The van der Waals surface area contributed by atoms with Gasteiger partial charge in [-0.25, -0.2) is 4.39 Å². The second-order valence-corrected chi connectivity index (χ2v) is 4.43. The van der Waals surface area contributed by atoms with Gasteiger partial charge in [0.2, 0.25) is 0 Å². The molecule has 1 unspecified atom stereocenters. The predicted octanol–water partition coefficient (Wildman–Crippen LogP) is 1.66. The average Bonchev–Trinajstić information content (AvgIpc) is 2.27. The molecule has 0 fully saturated rings. The predicted molar refractivity (Wildman–Crippen MR) is 65.0 cm³/mol. The number of aliphatic carboxylic acids is 1. The van der Waals surface area contributed by atoms with Gasteiger partial charge in [0.1, 0.15) is 5.82 Å². The molecule has 4 nitrogen and oxygen atoms in total. The first kappa shape index (κ1) is 14.3. The Balaban J connectivity index is 2.87. The number of rotatable bonds is 6. The lowest BCUT2D eigenvalue weighted by molar-refractivity contribution is -0.137. The van der Waals surface area contributed by atoms with Gasteiger partial charge in [-0.2, -0.15) is 0 Å². The molecule has 0 aliphatic carbocycles. The van der Waals surface area contributed by atoms with Crippen LogP contribution in [0.15, 0.2) is 24.3 Å². The highest BCUT2D eigenvalue weighted by molar-refractivity contribution is 5.99. The van der Waals surface area contributed by atoms with Gasteiger partial charge < -0.3 is 10.0 Å². The molecule has 1 rings (SSSR count). The number of Topliss-reactive ketones (excluding diaryl/α,β-unsaturated/α-hetero) is 1. The summed E-state index contributed by atoms with van der Waals surface area (Å²) in [6.45, 7) is 0.350. The first-order chi connectivity index (χ1) is 8.40. The van der Waals surface area contributed by atoms with Gasteiger partial charge in [0, 0.05) is 18.0 Å². The van der Waals surface area contributed by atoms with Crippen molar-refractivity contribution in [2.45, 2.75) is 6.42 Å². The minimum Gasteiger partial charge on any atom is -0.481 e. The molecule has 0 aliphatic rings. The lowest BCUT2D eigenvalue weighted by atomic mass is 9.94. The van der Waals surface area contributed by atoms with E-state index in [9.17, 15) is 14.0 Å². The number of hydrogen-bond donors (Lipinski definition) is 1. The molecule has 1 aromatic carbocycles. The Kier molecular flexibility index (Phi) is 4.97. The van der Waals surface area contributed by atoms with Crippen molar-refractivity contribution >= 4 is 11.8 Å². The normalized spacial score (nSPS) is 12.4.